The molecule has 3 rings (SSSR count). The molecule has 2 saturated heterocycles. The Morgan fingerprint density at radius 1 is 1.21 bits per heavy atom. The van der Waals surface area contributed by atoms with Crippen molar-refractivity contribution >= 4 is 5.91 Å². The minimum absolute atomic E-state index is 0.0752. The highest BCUT2D eigenvalue weighted by Crippen LogP contribution is 2.38. The third kappa shape index (κ3) is 4.11. The molecule has 0 N–H and O–H groups in total. The Balaban J connectivity index is 1.62. The largest absolute Gasteiger partial charge is 0.385 e. The number of carbonyl (C=O) groups excluding carboxylic acids is 1. The van der Waals surface area contributed by atoms with Crippen molar-refractivity contribution in [1.29, 1.82) is 0 Å². The number of hydrogen-bond donors (Lipinski definition) is 0. The van der Waals surface area contributed by atoms with Gasteiger partial charge < -0.3 is 14.5 Å². The average Bonchev–Trinajstić information content (AvgIpc) is 2.62. The van der Waals surface area contributed by atoms with Gasteiger partial charge in [0.2, 0.25) is 0 Å². The SMILES string of the molecule is COCCCN1CCCC2(CCCN(C(=O)c3cncnc3)C2)C1. The van der Waals surface area contributed by atoms with Crippen LogP contribution < -0.4 is 0 Å². The molecule has 1 aromatic heterocycles. The van der Waals surface area contributed by atoms with Crippen molar-refractivity contribution in [1.82, 2.24) is 19.8 Å². The number of aromatic nitrogens is 2. The lowest BCUT2D eigenvalue weighted by Crippen LogP contribution is -2.53. The molecule has 0 bridgehead atoms. The fraction of sp³-hybridized carbons (Fsp3) is 0.722. The van der Waals surface area contributed by atoms with Crippen LogP contribution in [0.2, 0.25) is 0 Å². The third-order valence-electron chi connectivity index (χ3n) is 5.32. The van der Waals surface area contributed by atoms with Crippen molar-refractivity contribution in [3.63, 3.8) is 0 Å². The van der Waals surface area contributed by atoms with Gasteiger partial charge in [-0.15, -0.1) is 0 Å². The van der Waals surface area contributed by atoms with Crippen LogP contribution in [0.25, 0.3) is 0 Å². The standard InChI is InChI=1S/C18H28N4O2/c1-24-10-4-8-21-7-2-5-18(13-21)6-3-9-22(14-18)17(23)16-11-19-15-20-12-16/h11-12,15H,2-10,13-14H2,1H3. The van der Waals surface area contributed by atoms with E-state index in [0.29, 0.717) is 5.56 Å². The first kappa shape index (κ1) is 17.3. The van der Waals surface area contributed by atoms with Gasteiger partial charge in [-0.2, -0.15) is 0 Å². The summed E-state index contributed by atoms with van der Waals surface area (Å²) in [6.07, 6.45) is 10.5. The van der Waals surface area contributed by atoms with Gasteiger partial charge in [0, 0.05) is 57.7 Å². The summed E-state index contributed by atoms with van der Waals surface area (Å²) in [5.74, 6) is 0.0752. The van der Waals surface area contributed by atoms with Crippen LogP contribution in [-0.4, -0.2) is 72.1 Å². The maximum atomic E-state index is 12.7. The van der Waals surface area contributed by atoms with Crippen LogP contribution in [-0.2, 0) is 4.74 Å². The summed E-state index contributed by atoms with van der Waals surface area (Å²) in [5.41, 5.74) is 0.858. The number of methoxy groups -OCH3 is 1. The Morgan fingerprint density at radius 3 is 2.71 bits per heavy atom. The second kappa shape index (κ2) is 8.03. The minimum Gasteiger partial charge on any atom is -0.385 e. The van der Waals surface area contributed by atoms with Gasteiger partial charge in [0.05, 0.1) is 5.56 Å². The summed E-state index contributed by atoms with van der Waals surface area (Å²) < 4.78 is 5.18. The molecule has 0 aromatic carbocycles. The van der Waals surface area contributed by atoms with Crippen LogP contribution in [0, 0.1) is 5.41 Å². The van der Waals surface area contributed by atoms with Crippen molar-refractivity contribution in [2.45, 2.75) is 32.1 Å². The first-order chi connectivity index (χ1) is 11.7. The van der Waals surface area contributed by atoms with Crippen molar-refractivity contribution in [3.8, 4) is 0 Å². The number of hydrogen-bond acceptors (Lipinski definition) is 5. The molecule has 6 nitrogen and oxygen atoms in total. The monoisotopic (exact) mass is 332 g/mol. The van der Waals surface area contributed by atoms with Crippen LogP contribution in [0.3, 0.4) is 0 Å². The molecule has 1 atom stereocenters. The predicted molar refractivity (Wildman–Crippen MR) is 91.8 cm³/mol. The summed E-state index contributed by atoms with van der Waals surface area (Å²) in [7, 11) is 1.76. The van der Waals surface area contributed by atoms with Gasteiger partial charge >= 0.3 is 0 Å². The molecule has 1 aromatic rings. The molecule has 1 amide bonds. The number of carbonyl (C=O) groups is 1. The predicted octanol–water partition coefficient (Wildman–Crippen LogP) is 1.83. The normalized spacial score (nSPS) is 25.1. The van der Waals surface area contributed by atoms with E-state index in [4.69, 9.17) is 4.74 Å². The lowest BCUT2D eigenvalue weighted by Gasteiger charge is -2.48. The van der Waals surface area contributed by atoms with Crippen molar-refractivity contribution < 1.29 is 9.53 Å². The van der Waals surface area contributed by atoms with E-state index in [2.05, 4.69) is 14.9 Å². The molecule has 1 spiro atoms. The van der Waals surface area contributed by atoms with Gasteiger partial charge in [-0.25, -0.2) is 9.97 Å². The van der Waals surface area contributed by atoms with E-state index in [0.717, 1.165) is 45.6 Å². The molecule has 2 fully saturated rings. The van der Waals surface area contributed by atoms with E-state index in [1.807, 2.05) is 4.90 Å². The van der Waals surface area contributed by atoms with Gasteiger partial charge in [0.1, 0.15) is 6.33 Å². The Bertz CT molecular complexity index is 535. The van der Waals surface area contributed by atoms with Gasteiger partial charge in [-0.3, -0.25) is 4.79 Å². The van der Waals surface area contributed by atoms with Crippen LogP contribution in [0.15, 0.2) is 18.7 Å². The van der Waals surface area contributed by atoms with E-state index >= 15 is 0 Å². The molecule has 2 aliphatic heterocycles. The van der Waals surface area contributed by atoms with Crippen LogP contribution in [0.4, 0.5) is 0 Å². The van der Waals surface area contributed by atoms with Gasteiger partial charge in [-0.1, -0.05) is 0 Å². The molecular formula is C18H28N4O2. The fourth-order valence-corrected chi connectivity index (χ4v) is 4.24. The smallest absolute Gasteiger partial charge is 0.257 e. The summed E-state index contributed by atoms with van der Waals surface area (Å²) in [5, 5.41) is 0. The fourth-order valence-electron chi connectivity index (χ4n) is 4.24. The zero-order valence-electron chi connectivity index (χ0n) is 14.6. The molecule has 1 unspecified atom stereocenters. The number of rotatable bonds is 5. The second-order valence-corrected chi connectivity index (χ2v) is 7.18. The van der Waals surface area contributed by atoms with Gasteiger partial charge in [0.15, 0.2) is 0 Å². The minimum atomic E-state index is 0.0752. The molecule has 2 aliphatic rings. The zero-order valence-corrected chi connectivity index (χ0v) is 14.6. The van der Waals surface area contributed by atoms with E-state index in [-0.39, 0.29) is 11.3 Å². The molecule has 0 radical (unpaired) electrons. The van der Waals surface area contributed by atoms with Crippen molar-refractivity contribution in [3.05, 3.63) is 24.3 Å². The number of piperidine rings is 2. The molecule has 0 aliphatic carbocycles. The Morgan fingerprint density at radius 2 is 1.96 bits per heavy atom. The maximum absolute atomic E-state index is 12.7. The van der Waals surface area contributed by atoms with E-state index in [1.165, 1.54) is 32.1 Å². The van der Waals surface area contributed by atoms with Crippen molar-refractivity contribution in [2.24, 2.45) is 5.41 Å². The summed E-state index contributed by atoms with van der Waals surface area (Å²) >= 11 is 0. The van der Waals surface area contributed by atoms with Gasteiger partial charge in [0.25, 0.3) is 5.91 Å². The number of nitrogens with zero attached hydrogens (tertiary/aromatic N) is 4. The molecule has 0 saturated carbocycles. The highest BCUT2D eigenvalue weighted by molar-refractivity contribution is 5.93. The molecule has 6 heteroatoms. The Kier molecular flexibility index (Phi) is 5.79. The quantitative estimate of drug-likeness (QED) is 0.770. The van der Waals surface area contributed by atoms with E-state index < -0.39 is 0 Å². The first-order valence-corrected chi connectivity index (χ1v) is 8.98. The zero-order chi connectivity index (χ0) is 16.8. The summed E-state index contributed by atoms with van der Waals surface area (Å²) in [6, 6.07) is 0. The molecule has 24 heavy (non-hydrogen) atoms. The molecule has 132 valence electrons. The number of ether oxygens (including phenoxy) is 1. The second-order valence-electron chi connectivity index (χ2n) is 7.18. The Hall–Kier alpha value is -1.53. The maximum Gasteiger partial charge on any atom is 0.257 e. The van der Waals surface area contributed by atoms with E-state index in [9.17, 15) is 4.79 Å². The van der Waals surface area contributed by atoms with Gasteiger partial charge in [-0.05, 0) is 38.6 Å². The first-order valence-electron chi connectivity index (χ1n) is 8.98. The lowest BCUT2D eigenvalue weighted by molar-refractivity contribution is 0.0117. The van der Waals surface area contributed by atoms with E-state index in [1.54, 1.807) is 19.5 Å². The number of likely N-dealkylation sites (tertiary alicyclic amines) is 2. The number of amides is 1. The average molecular weight is 332 g/mol. The molecular weight excluding hydrogens is 304 g/mol. The Labute approximate surface area is 144 Å². The third-order valence-corrected chi connectivity index (χ3v) is 5.32. The topological polar surface area (TPSA) is 58.6 Å². The molecule has 3 heterocycles. The highest BCUT2D eigenvalue weighted by Gasteiger charge is 2.40. The van der Waals surface area contributed by atoms with Crippen LogP contribution in [0.5, 0.6) is 0 Å². The highest BCUT2D eigenvalue weighted by atomic mass is 16.5. The van der Waals surface area contributed by atoms with Crippen LogP contribution >= 0.6 is 0 Å². The summed E-state index contributed by atoms with van der Waals surface area (Å²) in [6.45, 7) is 5.90. The summed E-state index contributed by atoms with van der Waals surface area (Å²) in [4.78, 5) is 25.3. The van der Waals surface area contributed by atoms with Crippen LogP contribution in [0.1, 0.15) is 42.5 Å². The lowest BCUT2D eigenvalue weighted by atomic mass is 9.73. The van der Waals surface area contributed by atoms with Crippen molar-refractivity contribution in [2.75, 3.05) is 46.4 Å².